The molecule has 1 rings (SSSR count). The molecule has 0 fully saturated rings. The summed E-state index contributed by atoms with van der Waals surface area (Å²) < 4.78 is 19.4. The zero-order valence-electron chi connectivity index (χ0n) is 8.02. The van der Waals surface area contributed by atoms with Gasteiger partial charge in [-0.25, -0.2) is 4.39 Å². The van der Waals surface area contributed by atoms with Crippen molar-refractivity contribution in [2.45, 2.75) is 13.3 Å². The maximum absolute atomic E-state index is 13.4. The summed E-state index contributed by atoms with van der Waals surface area (Å²) in [6.07, 6.45) is -0.0500. The molecule has 0 aliphatic carbocycles. The third-order valence-electron chi connectivity index (χ3n) is 1.73. The van der Waals surface area contributed by atoms with Gasteiger partial charge in [-0.2, -0.15) is 0 Å². The molecule has 15 heavy (non-hydrogen) atoms. The van der Waals surface area contributed by atoms with Crippen molar-refractivity contribution in [3.63, 3.8) is 0 Å². The number of ether oxygens (including phenoxy) is 1. The molecule has 2 nitrogen and oxygen atoms in total. The Labute approximate surface area is 104 Å². The SMILES string of the molecule is CCOC(=O)Cc1cc(Br)c(Br)cc1F. The molecule has 0 aliphatic heterocycles. The van der Waals surface area contributed by atoms with E-state index in [1.807, 2.05) is 0 Å². The van der Waals surface area contributed by atoms with Crippen molar-refractivity contribution in [3.8, 4) is 0 Å². The molecule has 1 aromatic carbocycles. The number of rotatable bonds is 3. The Morgan fingerprint density at radius 2 is 2.00 bits per heavy atom. The summed E-state index contributed by atoms with van der Waals surface area (Å²) in [5, 5.41) is 0. The molecule has 82 valence electrons. The molecule has 5 heteroatoms. The van der Waals surface area contributed by atoms with Crippen molar-refractivity contribution in [2.24, 2.45) is 0 Å². The Kier molecular flexibility index (Phi) is 4.73. The minimum Gasteiger partial charge on any atom is -0.466 e. The van der Waals surface area contributed by atoms with Gasteiger partial charge in [-0.05, 0) is 50.9 Å². The molecule has 0 unspecified atom stereocenters. The second-order valence-corrected chi connectivity index (χ2v) is 4.55. The van der Waals surface area contributed by atoms with E-state index in [4.69, 9.17) is 4.74 Å². The van der Waals surface area contributed by atoms with Crippen molar-refractivity contribution >= 4 is 37.8 Å². The molecular weight excluding hydrogens is 331 g/mol. The monoisotopic (exact) mass is 338 g/mol. The van der Waals surface area contributed by atoms with Crippen LogP contribution in [0.15, 0.2) is 21.1 Å². The Morgan fingerprint density at radius 1 is 1.40 bits per heavy atom. The lowest BCUT2D eigenvalue weighted by atomic mass is 10.1. The van der Waals surface area contributed by atoms with Gasteiger partial charge in [-0.15, -0.1) is 0 Å². The van der Waals surface area contributed by atoms with Crippen molar-refractivity contribution < 1.29 is 13.9 Å². The Balaban J connectivity index is 2.86. The normalized spacial score (nSPS) is 10.1. The highest BCUT2D eigenvalue weighted by atomic mass is 79.9. The van der Waals surface area contributed by atoms with E-state index < -0.39 is 11.8 Å². The van der Waals surface area contributed by atoms with E-state index in [9.17, 15) is 9.18 Å². The van der Waals surface area contributed by atoms with Crippen LogP contribution in [-0.2, 0) is 16.0 Å². The number of carbonyl (C=O) groups excluding carboxylic acids is 1. The molecule has 0 atom stereocenters. The first-order valence-electron chi connectivity index (χ1n) is 4.33. The number of hydrogen-bond acceptors (Lipinski definition) is 2. The standard InChI is InChI=1S/C10H9Br2FO2/c1-2-15-10(14)4-6-3-7(11)8(12)5-9(6)13/h3,5H,2,4H2,1H3. The summed E-state index contributed by atoms with van der Waals surface area (Å²) in [4.78, 5) is 11.1. The predicted octanol–water partition coefficient (Wildman–Crippen LogP) is 3.46. The Morgan fingerprint density at radius 3 is 2.60 bits per heavy atom. The molecule has 1 aromatic rings. The number of benzene rings is 1. The van der Waals surface area contributed by atoms with Gasteiger partial charge in [0.05, 0.1) is 13.0 Å². The van der Waals surface area contributed by atoms with Gasteiger partial charge < -0.3 is 4.74 Å². The average Bonchev–Trinajstić information content (AvgIpc) is 2.14. The van der Waals surface area contributed by atoms with E-state index in [0.717, 1.165) is 0 Å². The van der Waals surface area contributed by atoms with Gasteiger partial charge >= 0.3 is 5.97 Å². The molecule has 0 heterocycles. The molecule has 0 spiro atoms. The van der Waals surface area contributed by atoms with Crippen LogP contribution in [0.2, 0.25) is 0 Å². The lowest BCUT2D eigenvalue weighted by Gasteiger charge is -2.05. The van der Waals surface area contributed by atoms with Gasteiger partial charge in [0.1, 0.15) is 5.82 Å². The number of esters is 1. The highest BCUT2D eigenvalue weighted by molar-refractivity contribution is 9.13. The first kappa shape index (κ1) is 12.6. The van der Waals surface area contributed by atoms with Crippen molar-refractivity contribution in [3.05, 3.63) is 32.5 Å². The van der Waals surface area contributed by atoms with Gasteiger partial charge in [0.25, 0.3) is 0 Å². The van der Waals surface area contributed by atoms with Crippen molar-refractivity contribution in [1.29, 1.82) is 0 Å². The van der Waals surface area contributed by atoms with Crippen LogP contribution in [0.3, 0.4) is 0 Å². The second-order valence-electron chi connectivity index (χ2n) is 2.84. The molecular formula is C10H9Br2FO2. The van der Waals surface area contributed by atoms with E-state index >= 15 is 0 Å². The van der Waals surface area contributed by atoms with Crippen LogP contribution in [-0.4, -0.2) is 12.6 Å². The van der Waals surface area contributed by atoms with Gasteiger partial charge in [-0.1, -0.05) is 0 Å². The minimum atomic E-state index is -0.425. The number of carbonyl (C=O) groups is 1. The van der Waals surface area contributed by atoms with Gasteiger partial charge in [-0.3, -0.25) is 4.79 Å². The fraction of sp³-hybridized carbons (Fsp3) is 0.300. The third-order valence-corrected chi connectivity index (χ3v) is 3.57. The molecule has 0 bridgehead atoms. The molecule has 0 radical (unpaired) electrons. The summed E-state index contributed by atoms with van der Waals surface area (Å²) in [7, 11) is 0. The summed E-state index contributed by atoms with van der Waals surface area (Å²) >= 11 is 6.42. The maximum Gasteiger partial charge on any atom is 0.310 e. The molecule has 0 saturated heterocycles. The van der Waals surface area contributed by atoms with Gasteiger partial charge in [0, 0.05) is 14.5 Å². The highest BCUT2D eigenvalue weighted by Crippen LogP contribution is 2.26. The molecule has 0 amide bonds. The quantitative estimate of drug-likeness (QED) is 0.622. The number of halogens is 3. The highest BCUT2D eigenvalue weighted by Gasteiger charge is 2.11. The largest absolute Gasteiger partial charge is 0.466 e. The van der Waals surface area contributed by atoms with E-state index in [2.05, 4.69) is 31.9 Å². The van der Waals surface area contributed by atoms with Crippen LogP contribution in [0.5, 0.6) is 0 Å². The van der Waals surface area contributed by atoms with Crippen LogP contribution in [0.25, 0.3) is 0 Å². The minimum absolute atomic E-state index is 0.0500. The van der Waals surface area contributed by atoms with Crippen LogP contribution >= 0.6 is 31.9 Å². The Hall–Kier alpha value is -0.420. The summed E-state index contributed by atoms with van der Waals surface area (Å²) in [5.41, 5.74) is 0.323. The van der Waals surface area contributed by atoms with E-state index in [1.165, 1.54) is 6.07 Å². The topological polar surface area (TPSA) is 26.3 Å². The first-order chi connectivity index (χ1) is 7.04. The van der Waals surface area contributed by atoms with Crippen LogP contribution < -0.4 is 0 Å². The van der Waals surface area contributed by atoms with E-state index in [-0.39, 0.29) is 6.42 Å². The third kappa shape index (κ3) is 3.57. The zero-order valence-corrected chi connectivity index (χ0v) is 11.2. The molecule has 0 saturated carbocycles. The van der Waals surface area contributed by atoms with Crippen molar-refractivity contribution in [1.82, 2.24) is 0 Å². The average molecular weight is 340 g/mol. The predicted molar refractivity (Wildman–Crippen MR) is 62.1 cm³/mol. The summed E-state index contributed by atoms with van der Waals surface area (Å²) in [6.45, 7) is 2.02. The van der Waals surface area contributed by atoms with Gasteiger partial charge in [0.2, 0.25) is 0 Å². The lowest BCUT2D eigenvalue weighted by Crippen LogP contribution is -2.08. The van der Waals surface area contributed by atoms with Crippen LogP contribution in [0.4, 0.5) is 4.39 Å². The van der Waals surface area contributed by atoms with Crippen LogP contribution in [0, 0.1) is 5.82 Å². The maximum atomic E-state index is 13.4. The summed E-state index contributed by atoms with van der Waals surface area (Å²) in [5.74, 6) is -0.844. The lowest BCUT2D eigenvalue weighted by molar-refractivity contribution is -0.142. The first-order valence-corrected chi connectivity index (χ1v) is 5.92. The van der Waals surface area contributed by atoms with Crippen LogP contribution in [0.1, 0.15) is 12.5 Å². The van der Waals surface area contributed by atoms with Crippen molar-refractivity contribution in [2.75, 3.05) is 6.61 Å². The molecule has 0 aromatic heterocycles. The molecule has 0 N–H and O–H groups in total. The van der Waals surface area contributed by atoms with Gasteiger partial charge in [0.15, 0.2) is 0 Å². The fourth-order valence-corrected chi connectivity index (χ4v) is 1.77. The fourth-order valence-electron chi connectivity index (χ4n) is 1.07. The second kappa shape index (κ2) is 5.61. The van der Waals surface area contributed by atoms with E-state index in [0.29, 0.717) is 21.1 Å². The smallest absolute Gasteiger partial charge is 0.310 e. The van der Waals surface area contributed by atoms with E-state index in [1.54, 1.807) is 13.0 Å². The zero-order chi connectivity index (χ0) is 11.4. The number of hydrogen-bond donors (Lipinski definition) is 0. The molecule has 0 aliphatic rings. The summed E-state index contributed by atoms with van der Waals surface area (Å²) in [6, 6.07) is 2.88. The Bertz CT molecular complexity index is 380.